The van der Waals surface area contributed by atoms with E-state index in [9.17, 15) is 26.4 Å². The van der Waals surface area contributed by atoms with Gasteiger partial charge in [-0.25, -0.2) is 32.1 Å². The van der Waals surface area contributed by atoms with Crippen LogP contribution in [0.15, 0.2) is 35.5 Å². The van der Waals surface area contributed by atoms with Gasteiger partial charge in [-0.15, -0.1) is 0 Å². The molecular formula is C17H17F3N6O4S. The number of amides is 1. The van der Waals surface area contributed by atoms with Gasteiger partial charge in [-0.2, -0.15) is 8.78 Å². The molecular weight excluding hydrogens is 441 g/mol. The fourth-order valence-corrected chi connectivity index (χ4v) is 4.26. The van der Waals surface area contributed by atoms with Crippen molar-refractivity contribution in [1.82, 2.24) is 14.3 Å². The van der Waals surface area contributed by atoms with Gasteiger partial charge in [-0.3, -0.25) is 4.79 Å². The van der Waals surface area contributed by atoms with E-state index in [1.165, 1.54) is 14.0 Å². The smallest absolute Gasteiger partial charge is 0.387 e. The molecule has 0 aliphatic carbocycles. The lowest BCUT2D eigenvalue weighted by Gasteiger charge is -2.33. The predicted octanol–water partition coefficient (Wildman–Crippen LogP) is 1.27. The maximum absolute atomic E-state index is 14.5. The van der Waals surface area contributed by atoms with Crippen molar-refractivity contribution in [2.45, 2.75) is 19.1 Å². The van der Waals surface area contributed by atoms with Gasteiger partial charge in [0.15, 0.2) is 0 Å². The van der Waals surface area contributed by atoms with Crippen molar-refractivity contribution < 1.29 is 31.1 Å². The van der Waals surface area contributed by atoms with Crippen molar-refractivity contribution in [2.75, 3.05) is 18.1 Å². The molecule has 3 rings (SSSR count). The molecule has 0 aromatic carbocycles. The Balaban J connectivity index is 1.87. The van der Waals surface area contributed by atoms with Crippen LogP contribution in [0.2, 0.25) is 0 Å². The number of hydrogen-bond acceptors (Lipinski definition) is 8. The zero-order valence-corrected chi connectivity index (χ0v) is 17.0. The first kappa shape index (κ1) is 22.3. The molecule has 0 saturated heterocycles. The predicted molar refractivity (Wildman–Crippen MR) is 104 cm³/mol. The minimum atomic E-state index is -3.87. The Labute approximate surface area is 175 Å². The number of pyridine rings is 2. The van der Waals surface area contributed by atoms with Gasteiger partial charge >= 0.3 is 6.61 Å². The van der Waals surface area contributed by atoms with Crippen LogP contribution in [0.5, 0.6) is 5.75 Å². The minimum Gasteiger partial charge on any atom is -0.433 e. The number of halogens is 3. The van der Waals surface area contributed by atoms with E-state index in [0.29, 0.717) is 0 Å². The summed E-state index contributed by atoms with van der Waals surface area (Å²) in [5.74, 6) is -2.88. The van der Waals surface area contributed by atoms with E-state index in [0.717, 1.165) is 34.8 Å². The van der Waals surface area contributed by atoms with Crippen molar-refractivity contribution in [1.29, 1.82) is 0 Å². The normalized spacial score (nSPS) is 20.3. The zero-order valence-electron chi connectivity index (χ0n) is 16.2. The first-order valence-electron chi connectivity index (χ1n) is 8.62. The van der Waals surface area contributed by atoms with Gasteiger partial charge < -0.3 is 15.8 Å². The first-order chi connectivity index (χ1) is 14.4. The number of rotatable bonds is 5. The quantitative estimate of drug-likeness (QED) is 0.688. The third-order valence-corrected chi connectivity index (χ3v) is 6.31. The van der Waals surface area contributed by atoms with Gasteiger partial charge in [0.25, 0.3) is 5.91 Å². The van der Waals surface area contributed by atoms with E-state index < -0.39 is 39.7 Å². The summed E-state index contributed by atoms with van der Waals surface area (Å²) in [4.78, 5) is 24.1. The van der Waals surface area contributed by atoms with Crippen molar-refractivity contribution in [3.05, 3.63) is 47.7 Å². The highest BCUT2D eigenvalue weighted by molar-refractivity contribution is 7.89. The number of carbonyl (C=O) groups excluding carboxylic acids is 1. The lowest BCUT2D eigenvalue weighted by atomic mass is 10.00. The Morgan fingerprint density at radius 2 is 2.03 bits per heavy atom. The second kappa shape index (κ2) is 8.02. The van der Waals surface area contributed by atoms with Gasteiger partial charge in [0, 0.05) is 7.05 Å². The summed E-state index contributed by atoms with van der Waals surface area (Å²) in [7, 11) is -2.65. The molecule has 3 heterocycles. The third-order valence-electron chi connectivity index (χ3n) is 4.36. The summed E-state index contributed by atoms with van der Waals surface area (Å²) in [5.41, 5.74) is 3.55. The van der Waals surface area contributed by atoms with Crippen LogP contribution in [-0.2, 0) is 15.6 Å². The van der Waals surface area contributed by atoms with E-state index in [4.69, 9.17) is 5.73 Å². The van der Waals surface area contributed by atoms with Crippen LogP contribution in [-0.4, -0.2) is 54.0 Å². The molecule has 0 spiro atoms. The van der Waals surface area contributed by atoms with E-state index in [-0.39, 0.29) is 28.9 Å². The van der Waals surface area contributed by atoms with E-state index in [1.807, 2.05) is 0 Å². The van der Waals surface area contributed by atoms with Crippen LogP contribution < -0.4 is 15.8 Å². The van der Waals surface area contributed by atoms with Gasteiger partial charge in [0.05, 0.1) is 6.20 Å². The molecule has 1 amide bonds. The van der Waals surface area contributed by atoms with Crippen molar-refractivity contribution in [3.8, 4) is 5.75 Å². The number of nitrogens with one attached hydrogen (secondary N) is 1. The second-order valence-corrected chi connectivity index (χ2v) is 8.71. The highest BCUT2D eigenvalue weighted by Gasteiger charge is 2.43. The lowest BCUT2D eigenvalue weighted by Crippen LogP contribution is -2.50. The highest BCUT2D eigenvalue weighted by Crippen LogP contribution is 2.32. The number of alkyl halides is 2. The standard InChI is InChI=1S/C17H17F3N6O4S/c1-17(8-31(28,29)26(2)16(21)25-17)13-10(18)4-6-12(23-13)24-14(27)11-5-3-9(7-22-11)30-15(19)20/h3-7,15H,8H2,1-2H3,(H2,21,25)(H,23,24,27)/t17-/m0/s1. The van der Waals surface area contributed by atoms with Crippen LogP contribution in [0, 0.1) is 5.82 Å². The Morgan fingerprint density at radius 1 is 1.32 bits per heavy atom. The molecule has 2 aromatic heterocycles. The molecule has 0 fully saturated rings. The average molecular weight is 458 g/mol. The maximum atomic E-state index is 14.5. The number of anilines is 1. The van der Waals surface area contributed by atoms with Crippen LogP contribution in [0.25, 0.3) is 0 Å². The molecule has 0 bridgehead atoms. The molecule has 166 valence electrons. The monoisotopic (exact) mass is 458 g/mol. The lowest BCUT2D eigenvalue weighted by molar-refractivity contribution is -0.0500. The Kier molecular flexibility index (Phi) is 5.76. The van der Waals surface area contributed by atoms with E-state index >= 15 is 0 Å². The maximum Gasteiger partial charge on any atom is 0.387 e. The molecule has 31 heavy (non-hydrogen) atoms. The third kappa shape index (κ3) is 4.68. The first-order valence-corrected chi connectivity index (χ1v) is 10.2. The van der Waals surface area contributed by atoms with Crippen LogP contribution in [0.4, 0.5) is 19.0 Å². The Morgan fingerprint density at radius 3 is 2.61 bits per heavy atom. The summed E-state index contributed by atoms with van der Waals surface area (Å²) in [6.07, 6.45) is 0.937. The fourth-order valence-electron chi connectivity index (χ4n) is 2.83. The molecule has 3 N–H and O–H groups in total. The molecule has 1 atom stereocenters. The van der Waals surface area contributed by atoms with Gasteiger partial charge in [-0.05, 0) is 31.2 Å². The number of aliphatic imine (C=N–C) groups is 1. The van der Waals surface area contributed by atoms with Gasteiger partial charge in [0.2, 0.25) is 16.0 Å². The summed E-state index contributed by atoms with van der Waals surface area (Å²) in [6.45, 7) is -1.69. The molecule has 10 nitrogen and oxygen atoms in total. The zero-order chi connectivity index (χ0) is 23.0. The van der Waals surface area contributed by atoms with Gasteiger partial charge in [-0.1, -0.05) is 0 Å². The number of sulfonamides is 1. The molecule has 14 heteroatoms. The molecule has 0 unspecified atom stereocenters. The van der Waals surface area contributed by atoms with Crippen molar-refractivity contribution >= 4 is 27.7 Å². The summed E-state index contributed by atoms with van der Waals surface area (Å²) in [5, 5.41) is 2.38. The number of hydrogen-bond donors (Lipinski definition) is 2. The summed E-state index contributed by atoms with van der Waals surface area (Å²) < 4.78 is 68.4. The topological polar surface area (TPSA) is 140 Å². The van der Waals surface area contributed by atoms with Crippen molar-refractivity contribution in [3.63, 3.8) is 0 Å². The highest BCUT2D eigenvalue weighted by atomic mass is 32.2. The SMILES string of the molecule is CN1C(N)=N[C@](C)(c2nc(NC(=O)c3ccc(OC(F)F)cn3)ccc2F)CS1(=O)=O. The minimum absolute atomic E-state index is 0.109. The molecule has 1 aliphatic rings. The molecule has 2 aromatic rings. The summed E-state index contributed by atoms with van der Waals surface area (Å²) in [6, 6.07) is 4.42. The number of ether oxygens (including phenoxy) is 1. The Hall–Kier alpha value is -3.42. The van der Waals surface area contributed by atoms with Crippen LogP contribution >= 0.6 is 0 Å². The number of aromatic nitrogens is 2. The number of guanidine groups is 1. The van der Waals surface area contributed by atoms with Crippen LogP contribution in [0.3, 0.4) is 0 Å². The Bertz CT molecular complexity index is 1140. The van der Waals surface area contributed by atoms with Gasteiger partial charge in [0.1, 0.15) is 40.1 Å². The largest absolute Gasteiger partial charge is 0.433 e. The molecule has 0 radical (unpaired) electrons. The van der Waals surface area contributed by atoms with Crippen molar-refractivity contribution in [2.24, 2.45) is 10.7 Å². The number of nitrogens with two attached hydrogens (primary N) is 1. The summed E-state index contributed by atoms with van der Waals surface area (Å²) >= 11 is 0. The average Bonchev–Trinajstić information content (AvgIpc) is 2.67. The van der Waals surface area contributed by atoms with Crippen LogP contribution in [0.1, 0.15) is 23.1 Å². The molecule has 1 aliphatic heterocycles. The number of carbonyl (C=O) groups is 1. The fraction of sp³-hybridized carbons (Fsp3) is 0.294. The van der Waals surface area contributed by atoms with E-state index in [2.05, 4.69) is 25.0 Å². The second-order valence-electron chi connectivity index (χ2n) is 6.71. The van der Waals surface area contributed by atoms with E-state index in [1.54, 1.807) is 0 Å². The molecule has 0 saturated carbocycles. The number of nitrogens with zero attached hydrogens (tertiary/aromatic N) is 4.